The summed E-state index contributed by atoms with van der Waals surface area (Å²) in [7, 11) is 0. The minimum absolute atomic E-state index is 0.0118. The second-order valence-corrected chi connectivity index (χ2v) is 4.31. The van der Waals surface area contributed by atoms with E-state index in [0.717, 1.165) is 0 Å². The van der Waals surface area contributed by atoms with Crippen LogP contribution in [0.3, 0.4) is 0 Å². The summed E-state index contributed by atoms with van der Waals surface area (Å²) in [5.41, 5.74) is 0.371. The van der Waals surface area contributed by atoms with Crippen molar-refractivity contribution in [2.45, 2.75) is 13.5 Å². The Hall–Kier alpha value is -2.50. The van der Waals surface area contributed by atoms with Crippen LogP contribution in [-0.2, 0) is 6.54 Å². The summed E-state index contributed by atoms with van der Waals surface area (Å²) in [4.78, 5) is 27.4. The molecule has 0 saturated carbocycles. The van der Waals surface area contributed by atoms with Gasteiger partial charge in [-0.05, 0) is 19.1 Å². The van der Waals surface area contributed by atoms with E-state index >= 15 is 0 Å². The highest BCUT2D eigenvalue weighted by Gasteiger charge is 2.09. The summed E-state index contributed by atoms with van der Waals surface area (Å²) in [6.45, 7) is 2.18. The van der Waals surface area contributed by atoms with Gasteiger partial charge in [0.1, 0.15) is 5.82 Å². The molecule has 0 atom stereocenters. The minimum atomic E-state index is -0.570. The summed E-state index contributed by atoms with van der Waals surface area (Å²) in [5.74, 6) is -1.07. The lowest BCUT2D eigenvalue weighted by atomic mass is 10.2. The standard InChI is InChI=1S/C14H14FN3O2/c1-10-8-16-9-18(14(10)20)7-6-17-13(19)11-4-2-3-5-12(11)15/h2-5,8-9H,6-7H2,1H3,(H,17,19). The second kappa shape index (κ2) is 6.10. The molecule has 1 heterocycles. The Labute approximate surface area is 115 Å². The Bertz CT molecular complexity index is 682. The third-order valence-corrected chi connectivity index (χ3v) is 2.83. The molecule has 0 saturated heterocycles. The lowest BCUT2D eigenvalue weighted by molar-refractivity contribution is 0.0948. The summed E-state index contributed by atoms with van der Waals surface area (Å²) in [6, 6.07) is 5.74. The average Bonchev–Trinajstić information content (AvgIpc) is 2.44. The van der Waals surface area contributed by atoms with Gasteiger partial charge in [0.2, 0.25) is 0 Å². The van der Waals surface area contributed by atoms with E-state index in [1.165, 1.54) is 35.3 Å². The number of nitrogens with one attached hydrogen (secondary N) is 1. The third-order valence-electron chi connectivity index (χ3n) is 2.83. The van der Waals surface area contributed by atoms with Crippen molar-refractivity contribution in [2.24, 2.45) is 0 Å². The Morgan fingerprint density at radius 3 is 2.90 bits per heavy atom. The van der Waals surface area contributed by atoms with E-state index in [2.05, 4.69) is 10.3 Å². The summed E-state index contributed by atoms with van der Waals surface area (Å²) >= 11 is 0. The van der Waals surface area contributed by atoms with Gasteiger partial charge in [-0.25, -0.2) is 9.37 Å². The van der Waals surface area contributed by atoms with Crippen LogP contribution in [-0.4, -0.2) is 22.0 Å². The molecule has 0 bridgehead atoms. The van der Waals surface area contributed by atoms with Gasteiger partial charge in [-0.15, -0.1) is 0 Å². The Morgan fingerprint density at radius 1 is 1.40 bits per heavy atom. The quantitative estimate of drug-likeness (QED) is 0.909. The molecule has 0 spiro atoms. The number of nitrogens with zero attached hydrogens (tertiary/aromatic N) is 2. The number of benzene rings is 1. The van der Waals surface area contributed by atoms with Gasteiger partial charge < -0.3 is 5.32 Å². The molecule has 1 aromatic heterocycles. The molecule has 2 aromatic rings. The Morgan fingerprint density at radius 2 is 2.15 bits per heavy atom. The number of aromatic nitrogens is 2. The van der Waals surface area contributed by atoms with E-state index < -0.39 is 11.7 Å². The predicted octanol–water partition coefficient (Wildman–Crippen LogP) is 1.12. The zero-order chi connectivity index (χ0) is 14.5. The van der Waals surface area contributed by atoms with Crippen molar-refractivity contribution in [1.82, 2.24) is 14.9 Å². The van der Waals surface area contributed by atoms with E-state index in [-0.39, 0.29) is 24.2 Å². The highest BCUT2D eigenvalue weighted by atomic mass is 19.1. The van der Waals surface area contributed by atoms with E-state index in [1.807, 2.05) is 0 Å². The fraction of sp³-hybridized carbons (Fsp3) is 0.214. The third kappa shape index (κ3) is 3.09. The van der Waals surface area contributed by atoms with Crippen LogP contribution in [0.1, 0.15) is 15.9 Å². The van der Waals surface area contributed by atoms with Crippen LogP contribution in [0.2, 0.25) is 0 Å². The van der Waals surface area contributed by atoms with Crippen LogP contribution in [0.15, 0.2) is 41.6 Å². The largest absolute Gasteiger partial charge is 0.350 e. The maximum absolute atomic E-state index is 13.4. The highest BCUT2D eigenvalue weighted by molar-refractivity contribution is 5.94. The van der Waals surface area contributed by atoms with Gasteiger partial charge in [0.05, 0.1) is 11.9 Å². The van der Waals surface area contributed by atoms with Crippen molar-refractivity contribution in [2.75, 3.05) is 6.54 Å². The molecule has 0 aliphatic carbocycles. The predicted molar refractivity (Wildman–Crippen MR) is 72.0 cm³/mol. The van der Waals surface area contributed by atoms with Crippen LogP contribution >= 0.6 is 0 Å². The smallest absolute Gasteiger partial charge is 0.256 e. The molecule has 5 nitrogen and oxygen atoms in total. The number of halogens is 1. The molecule has 1 aromatic carbocycles. The first-order chi connectivity index (χ1) is 9.59. The molecule has 6 heteroatoms. The first-order valence-corrected chi connectivity index (χ1v) is 6.13. The second-order valence-electron chi connectivity index (χ2n) is 4.31. The Balaban J connectivity index is 1.97. The van der Waals surface area contributed by atoms with E-state index in [1.54, 1.807) is 13.0 Å². The number of hydrogen-bond acceptors (Lipinski definition) is 3. The van der Waals surface area contributed by atoms with Crippen molar-refractivity contribution in [3.63, 3.8) is 0 Å². The summed E-state index contributed by atoms with van der Waals surface area (Å²) in [5, 5.41) is 2.57. The maximum Gasteiger partial charge on any atom is 0.256 e. The molecule has 20 heavy (non-hydrogen) atoms. The molecule has 0 aliphatic rings. The fourth-order valence-corrected chi connectivity index (χ4v) is 1.75. The van der Waals surface area contributed by atoms with E-state index in [9.17, 15) is 14.0 Å². The molecule has 0 aliphatic heterocycles. The lowest BCUT2D eigenvalue weighted by Crippen LogP contribution is -2.31. The molecule has 0 unspecified atom stereocenters. The molecular formula is C14H14FN3O2. The van der Waals surface area contributed by atoms with Crippen LogP contribution < -0.4 is 10.9 Å². The number of carbonyl (C=O) groups excluding carboxylic acids is 1. The summed E-state index contributed by atoms with van der Waals surface area (Å²) in [6.07, 6.45) is 2.89. The monoisotopic (exact) mass is 275 g/mol. The van der Waals surface area contributed by atoms with Gasteiger partial charge in [0.15, 0.2) is 0 Å². The topological polar surface area (TPSA) is 64.0 Å². The van der Waals surface area contributed by atoms with Crippen molar-refractivity contribution in [3.05, 3.63) is 64.1 Å². The highest BCUT2D eigenvalue weighted by Crippen LogP contribution is 2.05. The fourth-order valence-electron chi connectivity index (χ4n) is 1.75. The molecule has 104 valence electrons. The van der Waals surface area contributed by atoms with Crippen molar-refractivity contribution in [3.8, 4) is 0 Å². The van der Waals surface area contributed by atoms with Gasteiger partial charge >= 0.3 is 0 Å². The number of hydrogen-bond donors (Lipinski definition) is 1. The van der Waals surface area contributed by atoms with Crippen LogP contribution in [0.4, 0.5) is 4.39 Å². The van der Waals surface area contributed by atoms with Crippen molar-refractivity contribution < 1.29 is 9.18 Å². The molecule has 1 amide bonds. The Kier molecular flexibility index (Phi) is 4.24. The van der Waals surface area contributed by atoms with Crippen LogP contribution in [0, 0.1) is 12.7 Å². The number of amides is 1. The SMILES string of the molecule is Cc1cncn(CCNC(=O)c2ccccc2F)c1=O. The molecule has 2 rings (SSSR count). The first-order valence-electron chi connectivity index (χ1n) is 6.13. The minimum Gasteiger partial charge on any atom is -0.350 e. The van der Waals surface area contributed by atoms with Crippen molar-refractivity contribution >= 4 is 5.91 Å². The number of aryl methyl sites for hydroxylation is 1. The van der Waals surface area contributed by atoms with Gasteiger partial charge in [0.25, 0.3) is 11.5 Å². The van der Waals surface area contributed by atoms with Crippen molar-refractivity contribution in [1.29, 1.82) is 0 Å². The van der Waals surface area contributed by atoms with Gasteiger partial charge in [-0.1, -0.05) is 12.1 Å². The van der Waals surface area contributed by atoms with Gasteiger partial charge in [0, 0.05) is 24.8 Å². The summed E-state index contributed by atoms with van der Waals surface area (Å²) < 4.78 is 14.8. The zero-order valence-electron chi connectivity index (χ0n) is 11.0. The van der Waals surface area contributed by atoms with E-state index in [4.69, 9.17) is 0 Å². The molecule has 0 radical (unpaired) electrons. The number of rotatable bonds is 4. The average molecular weight is 275 g/mol. The normalized spacial score (nSPS) is 10.3. The van der Waals surface area contributed by atoms with Gasteiger partial charge in [-0.2, -0.15) is 0 Å². The molecular weight excluding hydrogens is 261 g/mol. The van der Waals surface area contributed by atoms with Crippen LogP contribution in [0.25, 0.3) is 0 Å². The lowest BCUT2D eigenvalue weighted by Gasteiger charge is -2.08. The van der Waals surface area contributed by atoms with Gasteiger partial charge in [-0.3, -0.25) is 14.2 Å². The number of carbonyl (C=O) groups is 1. The zero-order valence-corrected chi connectivity index (χ0v) is 11.0. The maximum atomic E-state index is 13.4. The molecule has 1 N–H and O–H groups in total. The van der Waals surface area contributed by atoms with Crippen LogP contribution in [0.5, 0.6) is 0 Å². The van der Waals surface area contributed by atoms with E-state index in [0.29, 0.717) is 5.56 Å². The first kappa shape index (κ1) is 13.9. The molecule has 0 fully saturated rings.